The zero-order chi connectivity index (χ0) is 9.35. The van der Waals surface area contributed by atoms with E-state index in [1.807, 2.05) is 19.6 Å². The molecule has 0 fully saturated rings. The van der Waals surface area contributed by atoms with Gasteiger partial charge in [0, 0.05) is 5.19 Å². The van der Waals surface area contributed by atoms with Crippen LogP contribution in [0.15, 0.2) is 18.2 Å². The van der Waals surface area contributed by atoms with Gasteiger partial charge in [-0.3, -0.25) is 0 Å². The topological polar surface area (TPSA) is 20.2 Å². The summed E-state index contributed by atoms with van der Waals surface area (Å²) in [6, 6.07) is 4.46. The summed E-state index contributed by atoms with van der Waals surface area (Å²) < 4.78 is 13.2. The lowest BCUT2D eigenvalue weighted by atomic mass is 10.3. The molecular weight excluding hydrogens is 171 g/mol. The second-order valence-corrected chi connectivity index (χ2v) is 8.88. The molecule has 0 spiro atoms. The molecule has 0 radical (unpaired) electrons. The molecule has 1 rings (SSSR count). The number of rotatable bonds is 1. The summed E-state index contributed by atoms with van der Waals surface area (Å²) in [7, 11) is -1.75. The van der Waals surface area contributed by atoms with E-state index in [0.29, 0.717) is 5.19 Å². The van der Waals surface area contributed by atoms with Crippen LogP contribution in [0.3, 0.4) is 0 Å². The first-order valence-corrected chi connectivity index (χ1v) is 7.41. The van der Waals surface area contributed by atoms with Crippen LogP contribution >= 0.6 is 0 Å². The number of hydrogen-bond donors (Lipinski definition) is 1. The molecule has 0 heterocycles. The van der Waals surface area contributed by atoms with Gasteiger partial charge in [-0.1, -0.05) is 25.7 Å². The number of hydrogen-bond acceptors (Lipinski definition) is 1. The highest BCUT2D eigenvalue weighted by atomic mass is 28.3. The van der Waals surface area contributed by atoms with Crippen molar-refractivity contribution in [3.8, 4) is 5.75 Å². The fourth-order valence-corrected chi connectivity index (χ4v) is 2.91. The van der Waals surface area contributed by atoms with E-state index in [2.05, 4.69) is 0 Å². The maximum absolute atomic E-state index is 13.2. The van der Waals surface area contributed by atoms with E-state index >= 15 is 0 Å². The van der Waals surface area contributed by atoms with Crippen LogP contribution in [0, 0.1) is 5.82 Å². The van der Waals surface area contributed by atoms with Gasteiger partial charge in [-0.15, -0.1) is 0 Å². The van der Waals surface area contributed by atoms with E-state index < -0.39 is 8.07 Å². The first-order chi connectivity index (χ1) is 5.43. The third-order valence-electron chi connectivity index (χ3n) is 1.74. The van der Waals surface area contributed by atoms with Gasteiger partial charge >= 0.3 is 0 Å². The molecule has 1 aromatic rings. The van der Waals surface area contributed by atoms with Crippen LogP contribution < -0.4 is 5.19 Å². The molecule has 0 aromatic heterocycles. The lowest BCUT2D eigenvalue weighted by Crippen LogP contribution is -2.40. The third-order valence-corrected chi connectivity index (χ3v) is 3.74. The van der Waals surface area contributed by atoms with Crippen LogP contribution in [0.5, 0.6) is 5.75 Å². The van der Waals surface area contributed by atoms with Gasteiger partial charge in [-0.25, -0.2) is 4.39 Å². The minimum atomic E-state index is -1.75. The van der Waals surface area contributed by atoms with Crippen molar-refractivity contribution in [2.75, 3.05) is 0 Å². The zero-order valence-electron chi connectivity index (χ0n) is 7.56. The zero-order valence-corrected chi connectivity index (χ0v) is 8.56. The Morgan fingerprint density at radius 3 is 2.17 bits per heavy atom. The molecule has 0 saturated heterocycles. The monoisotopic (exact) mass is 184 g/mol. The Hall–Kier alpha value is -0.833. The molecule has 1 N–H and O–H groups in total. The summed E-state index contributed by atoms with van der Waals surface area (Å²) in [6.45, 7) is 6.02. The van der Waals surface area contributed by atoms with Gasteiger partial charge in [0.1, 0.15) is 11.6 Å². The molecule has 0 amide bonds. The minimum absolute atomic E-state index is 0.0918. The van der Waals surface area contributed by atoms with Crippen molar-refractivity contribution < 1.29 is 9.50 Å². The summed E-state index contributed by atoms with van der Waals surface area (Å²) in [6.07, 6.45) is 0. The quantitative estimate of drug-likeness (QED) is 0.662. The Morgan fingerprint density at radius 2 is 1.83 bits per heavy atom. The molecule has 66 valence electrons. The first-order valence-electron chi connectivity index (χ1n) is 3.91. The lowest BCUT2D eigenvalue weighted by Gasteiger charge is -2.18. The van der Waals surface area contributed by atoms with Gasteiger partial charge in [0.25, 0.3) is 0 Å². The van der Waals surface area contributed by atoms with E-state index in [1.54, 1.807) is 0 Å². The van der Waals surface area contributed by atoms with Gasteiger partial charge < -0.3 is 5.11 Å². The van der Waals surface area contributed by atoms with Crippen molar-refractivity contribution >= 4 is 13.3 Å². The Morgan fingerprint density at radius 1 is 1.25 bits per heavy atom. The Kier molecular flexibility index (Phi) is 2.24. The van der Waals surface area contributed by atoms with Crippen LogP contribution in [0.4, 0.5) is 4.39 Å². The van der Waals surface area contributed by atoms with Gasteiger partial charge in [0.15, 0.2) is 0 Å². The van der Waals surface area contributed by atoms with Gasteiger partial charge in [-0.2, -0.15) is 0 Å². The average molecular weight is 184 g/mol. The number of benzene rings is 1. The predicted octanol–water partition coefficient (Wildman–Crippen LogP) is 2.08. The Labute approximate surface area is 72.9 Å². The molecular formula is C9H13FOSi. The summed E-state index contributed by atoms with van der Waals surface area (Å²) in [5.74, 6) is -0.191. The summed E-state index contributed by atoms with van der Waals surface area (Å²) in [5.41, 5.74) is 0. The minimum Gasteiger partial charge on any atom is -0.508 e. The van der Waals surface area contributed by atoms with E-state index in [4.69, 9.17) is 0 Å². The molecule has 0 atom stereocenters. The van der Waals surface area contributed by atoms with Crippen molar-refractivity contribution in [1.29, 1.82) is 0 Å². The van der Waals surface area contributed by atoms with Crippen LogP contribution in [0.25, 0.3) is 0 Å². The largest absolute Gasteiger partial charge is 0.508 e. The van der Waals surface area contributed by atoms with Crippen LogP contribution in [0.2, 0.25) is 19.6 Å². The number of aromatic hydroxyl groups is 1. The molecule has 0 aliphatic carbocycles. The second kappa shape index (κ2) is 2.90. The fraction of sp³-hybridized carbons (Fsp3) is 0.333. The van der Waals surface area contributed by atoms with Crippen molar-refractivity contribution in [2.45, 2.75) is 19.6 Å². The smallest absolute Gasteiger partial charge is 0.126 e. The molecule has 0 aliphatic rings. The van der Waals surface area contributed by atoms with Crippen molar-refractivity contribution in [1.82, 2.24) is 0 Å². The molecule has 0 unspecified atom stereocenters. The maximum Gasteiger partial charge on any atom is 0.126 e. The van der Waals surface area contributed by atoms with Crippen molar-refractivity contribution in [2.24, 2.45) is 0 Å². The van der Waals surface area contributed by atoms with Crippen LogP contribution in [-0.2, 0) is 0 Å². The summed E-state index contributed by atoms with van der Waals surface area (Å²) in [5, 5.41) is 9.94. The standard InChI is InChI=1S/C9H13FOSi/c1-12(2,3)9-7(10)5-4-6-8(9)11/h4-6,11H,1-3H3. The van der Waals surface area contributed by atoms with Gasteiger partial charge in [-0.05, 0) is 12.1 Å². The molecule has 0 bridgehead atoms. The van der Waals surface area contributed by atoms with Gasteiger partial charge in [0.05, 0.1) is 8.07 Å². The second-order valence-electron chi connectivity index (χ2n) is 3.88. The molecule has 0 saturated carbocycles. The molecule has 1 aromatic carbocycles. The number of halogens is 1. The highest BCUT2D eigenvalue weighted by Crippen LogP contribution is 2.14. The molecule has 1 nitrogen and oxygen atoms in total. The third kappa shape index (κ3) is 1.66. The Bertz CT molecular complexity index is 271. The summed E-state index contributed by atoms with van der Waals surface area (Å²) >= 11 is 0. The first kappa shape index (κ1) is 9.26. The van der Waals surface area contributed by atoms with Crippen LogP contribution in [-0.4, -0.2) is 13.2 Å². The normalized spacial score (nSPS) is 11.7. The van der Waals surface area contributed by atoms with E-state index in [0.717, 1.165) is 0 Å². The highest BCUT2D eigenvalue weighted by Gasteiger charge is 2.23. The SMILES string of the molecule is C[Si](C)(C)c1c(O)cccc1F. The maximum atomic E-state index is 13.2. The van der Waals surface area contributed by atoms with Crippen molar-refractivity contribution in [3.63, 3.8) is 0 Å². The molecule has 12 heavy (non-hydrogen) atoms. The van der Waals surface area contributed by atoms with Crippen LogP contribution in [0.1, 0.15) is 0 Å². The van der Waals surface area contributed by atoms with Crippen molar-refractivity contribution in [3.05, 3.63) is 24.0 Å². The lowest BCUT2D eigenvalue weighted by molar-refractivity contribution is 0.474. The number of phenols is 1. The molecule has 0 aliphatic heterocycles. The highest BCUT2D eigenvalue weighted by molar-refractivity contribution is 6.89. The van der Waals surface area contributed by atoms with E-state index in [1.165, 1.54) is 18.2 Å². The summed E-state index contributed by atoms with van der Waals surface area (Å²) in [4.78, 5) is 0. The Balaban J connectivity index is 3.31. The van der Waals surface area contributed by atoms with E-state index in [-0.39, 0.29) is 11.6 Å². The molecule has 3 heteroatoms. The fourth-order valence-electron chi connectivity index (χ4n) is 1.26. The average Bonchev–Trinajstić information content (AvgIpc) is 1.82. The number of phenolic OH excluding ortho intramolecular Hbond substituents is 1. The predicted molar refractivity (Wildman–Crippen MR) is 51.0 cm³/mol. The van der Waals surface area contributed by atoms with Gasteiger partial charge in [0.2, 0.25) is 0 Å². The van der Waals surface area contributed by atoms with E-state index in [9.17, 15) is 9.50 Å².